The van der Waals surface area contributed by atoms with Gasteiger partial charge < -0.3 is 4.74 Å². The summed E-state index contributed by atoms with van der Waals surface area (Å²) in [6.07, 6.45) is 7.77. The van der Waals surface area contributed by atoms with Crippen LogP contribution >= 0.6 is 0 Å². The summed E-state index contributed by atoms with van der Waals surface area (Å²) in [5, 5.41) is 0. The van der Waals surface area contributed by atoms with E-state index in [2.05, 4.69) is 0 Å². The lowest BCUT2D eigenvalue weighted by molar-refractivity contribution is 0.233. The highest BCUT2D eigenvalue weighted by Gasteiger charge is 2.01. The van der Waals surface area contributed by atoms with Gasteiger partial charge in [0.1, 0.15) is 0 Å². The molecule has 0 N–H and O–H groups in total. The lowest BCUT2D eigenvalue weighted by Crippen LogP contribution is -2.08. The molecule has 1 aliphatic rings. The van der Waals surface area contributed by atoms with Crippen LogP contribution in [0.2, 0.25) is 0 Å². The first kappa shape index (κ1) is 5.09. The van der Waals surface area contributed by atoms with Crippen molar-refractivity contribution in [2.45, 2.75) is 6.10 Å². The minimum absolute atomic E-state index is 0.486. The number of rotatable bonds is 1. The van der Waals surface area contributed by atoms with E-state index < -0.39 is 6.10 Å². The van der Waals surface area contributed by atoms with E-state index in [4.69, 9.17) is 4.74 Å². The number of hydrogen-bond acceptors (Lipinski definition) is 2. The maximum absolute atomic E-state index is 9.82. The molecule has 0 aromatic carbocycles. The van der Waals surface area contributed by atoms with E-state index in [0.717, 1.165) is 0 Å². The van der Waals surface area contributed by atoms with Crippen LogP contribution in [-0.4, -0.2) is 12.4 Å². The predicted octanol–water partition coefficient (Wildman–Crippen LogP) is 0.565. The van der Waals surface area contributed by atoms with Crippen molar-refractivity contribution in [3.63, 3.8) is 0 Å². The molecule has 0 aliphatic carbocycles. The molecule has 41 valence electrons. The summed E-state index contributed by atoms with van der Waals surface area (Å²) in [6.45, 7) is 0. The van der Waals surface area contributed by atoms with Gasteiger partial charge in [0.25, 0.3) is 0 Å². The van der Waals surface area contributed by atoms with Crippen LogP contribution in [0, 0.1) is 0 Å². The Balaban J connectivity index is 2.51. The summed E-state index contributed by atoms with van der Waals surface area (Å²) >= 11 is 0. The minimum Gasteiger partial charge on any atom is -0.486 e. The number of ether oxygens (including phenoxy) is 1. The van der Waals surface area contributed by atoms with Crippen molar-refractivity contribution in [1.29, 1.82) is 0 Å². The molecular weight excluding hydrogens is 104 g/mol. The quantitative estimate of drug-likeness (QED) is 0.492. The van der Waals surface area contributed by atoms with Crippen LogP contribution in [0.5, 0.6) is 0 Å². The molecule has 1 radical (unpaired) electrons. The van der Waals surface area contributed by atoms with Gasteiger partial charge in [-0.1, -0.05) is 6.08 Å². The number of carbonyl (C=O) groups excluding carboxylic acids is 1. The fraction of sp³-hybridized carbons (Fsp3) is 0.167. The zero-order chi connectivity index (χ0) is 5.82. The van der Waals surface area contributed by atoms with Crippen LogP contribution in [0.15, 0.2) is 24.5 Å². The molecule has 1 heterocycles. The van der Waals surface area contributed by atoms with E-state index in [-0.39, 0.29) is 0 Å². The Bertz CT molecular complexity index is 135. The minimum atomic E-state index is -0.486. The van der Waals surface area contributed by atoms with Crippen LogP contribution in [0.4, 0.5) is 0 Å². The van der Waals surface area contributed by atoms with Crippen molar-refractivity contribution < 1.29 is 9.53 Å². The van der Waals surface area contributed by atoms with Crippen LogP contribution in [0.1, 0.15) is 0 Å². The highest BCUT2D eigenvalue weighted by molar-refractivity contribution is 5.60. The average molecular weight is 109 g/mol. The Morgan fingerprint density at radius 2 is 2.38 bits per heavy atom. The largest absolute Gasteiger partial charge is 0.486 e. The molecule has 2 nitrogen and oxygen atoms in total. The monoisotopic (exact) mass is 109 g/mol. The van der Waals surface area contributed by atoms with E-state index in [1.165, 1.54) is 6.26 Å². The molecular formula is C6H5O2. The van der Waals surface area contributed by atoms with E-state index in [0.29, 0.717) is 0 Å². The van der Waals surface area contributed by atoms with Crippen molar-refractivity contribution >= 4 is 6.29 Å². The summed E-state index contributed by atoms with van der Waals surface area (Å²) in [5.41, 5.74) is 0. The second-order valence-corrected chi connectivity index (χ2v) is 1.39. The number of hydrogen-bond donors (Lipinski definition) is 0. The topological polar surface area (TPSA) is 26.3 Å². The normalized spacial score (nSPS) is 24.8. The Kier molecular flexibility index (Phi) is 1.47. The van der Waals surface area contributed by atoms with Gasteiger partial charge in [0.2, 0.25) is 6.29 Å². The highest BCUT2D eigenvalue weighted by Crippen LogP contribution is 1.97. The molecule has 1 aliphatic heterocycles. The van der Waals surface area contributed by atoms with E-state index >= 15 is 0 Å². The zero-order valence-corrected chi connectivity index (χ0v) is 4.20. The van der Waals surface area contributed by atoms with E-state index in [1.807, 2.05) is 0 Å². The lowest BCUT2D eigenvalue weighted by Gasteiger charge is -2.04. The molecule has 0 fully saturated rings. The van der Waals surface area contributed by atoms with Crippen molar-refractivity contribution in [3.05, 3.63) is 24.5 Å². The Hall–Kier alpha value is -1.05. The van der Waals surface area contributed by atoms with Gasteiger partial charge in [0.05, 0.1) is 6.26 Å². The standard InChI is InChI=1S/C6H5O2/c7-5-6-3-1-2-4-8-6/h1-4,6H. The van der Waals surface area contributed by atoms with Gasteiger partial charge in [-0.3, -0.25) is 4.79 Å². The summed E-state index contributed by atoms with van der Waals surface area (Å²) in [7, 11) is 0. The Labute approximate surface area is 47.5 Å². The third-order valence-electron chi connectivity index (χ3n) is 0.817. The summed E-state index contributed by atoms with van der Waals surface area (Å²) in [4.78, 5) is 9.82. The van der Waals surface area contributed by atoms with E-state index in [1.54, 1.807) is 24.5 Å². The van der Waals surface area contributed by atoms with Gasteiger partial charge in [0.15, 0.2) is 6.10 Å². The Morgan fingerprint density at radius 1 is 1.50 bits per heavy atom. The second kappa shape index (κ2) is 2.31. The fourth-order valence-electron chi connectivity index (χ4n) is 0.453. The van der Waals surface area contributed by atoms with Gasteiger partial charge in [0, 0.05) is 0 Å². The van der Waals surface area contributed by atoms with Gasteiger partial charge in [-0.2, -0.15) is 0 Å². The molecule has 0 saturated heterocycles. The molecule has 0 bridgehead atoms. The number of allylic oxidation sites excluding steroid dienone is 2. The molecule has 2 heteroatoms. The lowest BCUT2D eigenvalue weighted by atomic mass is 10.3. The van der Waals surface area contributed by atoms with Crippen LogP contribution in [0.25, 0.3) is 0 Å². The van der Waals surface area contributed by atoms with E-state index in [9.17, 15) is 4.79 Å². The zero-order valence-electron chi connectivity index (χ0n) is 4.20. The third-order valence-corrected chi connectivity index (χ3v) is 0.817. The van der Waals surface area contributed by atoms with Crippen molar-refractivity contribution in [3.8, 4) is 0 Å². The second-order valence-electron chi connectivity index (χ2n) is 1.39. The summed E-state index contributed by atoms with van der Waals surface area (Å²) in [6, 6.07) is 0. The first-order chi connectivity index (χ1) is 3.93. The van der Waals surface area contributed by atoms with Crippen LogP contribution in [0.3, 0.4) is 0 Å². The van der Waals surface area contributed by atoms with Gasteiger partial charge >= 0.3 is 0 Å². The summed E-state index contributed by atoms with van der Waals surface area (Å²) < 4.78 is 4.74. The first-order valence-corrected chi connectivity index (χ1v) is 2.30. The molecule has 0 aromatic rings. The van der Waals surface area contributed by atoms with Crippen LogP contribution < -0.4 is 0 Å². The summed E-state index contributed by atoms with van der Waals surface area (Å²) in [5.74, 6) is 0. The van der Waals surface area contributed by atoms with Gasteiger partial charge in [-0.15, -0.1) is 0 Å². The molecule has 0 aromatic heterocycles. The maximum Gasteiger partial charge on any atom is 0.247 e. The molecule has 0 spiro atoms. The predicted molar refractivity (Wildman–Crippen MR) is 28.8 cm³/mol. The molecule has 1 unspecified atom stereocenters. The van der Waals surface area contributed by atoms with Crippen molar-refractivity contribution in [1.82, 2.24) is 0 Å². The maximum atomic E-state index is 9.82. The smallest absolute Gasteiger partial charge is 0.247 e. The molecule has 0 amide bonds. The molecule has 0 saturated carbocycles. The average Bonchev–Trinajstić information content (AvgIpc) is 1.90. The molecule has 1 rings (SSSR count). The Morgan fingerprint density at radius 3 is 2.75 bits per heavy atom. The third kappa shape index (κ3) is 0.964. The van der Waals surface area contributed by atoms with Crippen LogP contribution in [-0.2, 0) is 9.53 Å². The van der Waals surface area contributed by atoms with Gasteiger partial charge in [-0.25, -0.2) is 0 Å². The molecule has 1 atom stereocenters. The van der Waals surface area contributed by atoms with Gasteiger partial charge in [-0.05, 0) is 12.2 Å². The van der Waals surface area contributed by atoms with Crippen molar-refractivity contribution in [2.24, 2.45) is 0 Å². The molecule has 8 heavy (non-hydrogen) atoms. The van der Waals surface area contributed by atoms with Crippen molar-refractivity contribution in [2.75, 3.05) is 0 Å². The highest BCUT2D eigenvalue weighted by atomic mass is 16.5. The SMILES string of the molecule is O=[C]C1C=CC=CO1. The first-order valence-electron chi connectivity index (χ1n) is 2.30. The fourth-order valence-corrected chi connectivity index (χ4v) is 0.453.